The summed E-state index contributed by atoms with van der Waals surface area (Å²) in [5, 5.41) is 2.83. The molecular formula is C48H94NO8P. The Morgan fingerprint density at radius 2 is 0.879 bits per heavy atom. The second-order valence-electron chi connectivity index (χ2n) is 16.7. The van der Waals surface area contributed by atoms with Crippen molar-refractivity contribution in [1.82, 2.24) is 5.32 Å². The molecule has 0 bridgehead atoms. The van der Waals surface area contributed by atoms with E-state index in [0.717, 1.165) is 51.4 Å². The van der Waals surface area contributed by atoms with Crippen LogP contribution in [0.15, 0.2) is 12.2 Å². The van der Waals surface area contributed by atoms with Gasteiger partial charge in [0.15, 0.2) is 6.10 Å². The predicted octanol–water partition coefficient (Wildman–Crippen LogP) is 14.4. The standard InChI is InChI=1S/C48H94NO8P/c1-4-6-8-10-12-14-16-18-20-21-22-23-24-25-27-28-30-32-34-36-38-40-47(50)54-44-46(45-56-58(52,53)55-43-42-49-3)57-48(51)41-39-37-35-33-31-29-26-19-17-15-13-11-9-7-5-2/h19,26,46,49H,4-18,20-25,27-45H2,1-3H3,(H,52,53)/b26-19-. The Balaban J connectivity index is 4.08. The maximum atomic E-state index is 12.6. The number of likely N-dealkylation sites (N-methyl/N-ethyl adjacent to an activating group) is 1. The number of nitrogens with one attached hydrogen (secondary N) is 1. The van der Waals surface area contributed by atoms with Gasteiger partial charge in [-0.15, -0.1) is 0 Å². The van der Waals surface area contributed by atoms with Gasteiger partial charge in [0.25, 0.3) is 0 Å². The molecule has 344 valence electrons. The fraction of sp³-hybridized carbons (Fsp3) is 0.917. The molecular weight excluding hydrogens is 750 g/mol. The molecule has 0 rings (SSSR count). The van der Waals surface area contributed by atoms with Crippen molar-refractivity contribution in [3.05, 3.63) is 12.2 Å². The first-order valence-corrected chi connectivity index (χ1v) is 26.1. The van der Waals surface area contributed by atoms with Crippen molar-refractivity contribution >= 4 is 19.8 Å². The van der Waals surface area contributed by atoms with Crippen LogP contribution in [-0.2, 0) is 32.7 Å². The SMILES string of the molecule is CCCCCCCC/C=C\CCCCCCCC(=O)OC(COC(=O)CCCCCCCCCCCCCCCCCCCCCCC)COP(=O)(O)OCCNC. The molecule has 0 heterocycles. The van der Waals surface area contributed by atoms with Crippen LogP contribution >= 0.6 is 7.82 Å². The van der Waals surface area contributed by atoms with Gasteiger partial charge in [0.1, 0.15) is 6.61 Å². The van der Waals surface area contributed by atoms with E-state index in [1.54, 1.807) is 7.05 Å². The van der Waals surface area contributed by atoms with E-state index in [-0.39, 0.29) is 25.6 Å². The Morgan fingerprint density at radius 3 is 1.28 bits per heavy atom. The predicted molar refractivity (Wildman–Crippen MR) is 243 cm³/mol. The first kappa shape index (κ1) is 56.8. The fourth-order valence-electron chi connectivity index (χ4n) is 7.14. The smallest absolute Gasteiger partial charge is 0.462 e. The van der Waals surface area contributed by atoms with Gasteiger partial charge in [-0.3, -0.25) is 18.6 Å². The van der Waals surface area contributed by atoms with Crippen molar-refractivity contribution in [3.63, 3.8) is 0 Å². The number of phosphoric acid groups is 1. The highest BCUT2D eigenvalue weighted by Crippen LogP contribution is 2.43. The first-order chi connectivity index (χ1) is 28.3. The van der Waals surface area contributed by atoms with Gasteiger partial charge < -0.3 is 19.7 Å². The third-order valence-corrected chi connectivity index (χ3v) is 11.9. The summed E-state index contributed by atoms with van der Waals surface area (Å²) in [7, 11) is -2.65. The lowest BCUT2D eigenvalue weighted by Crippen LogP contribution is -2.29. The third kappa shape index (κ3) is 44.3. The van der Waals surface area contributed by atoms with Crippen molar-refractivity contribution in [1.29, 1.82) is 0 Å². The largest absolute Gasteiger partial charge is 0.472 e. The van der Waals surface area contributed by atoms with Gasteiger partial charge in [-0.2, -0.15) is 0 Å². The minimum absolute atomic E-state index is 0.0152. The second-order valence-corrected chi connectivity index (χ2v) is 18.1. The molecule has 0 spiro atoms. The maximum Gasteiger partial charge on any atom is 0.472 e. The molecule has 9 nitrogen and oxygen atoms in total. The van der Waals surface area contributed by atoms with Crippen LogP contribution in [0, 0.1) is 0 Å². The number of carbonyl (C=O) groups excluding carboxylic acids is 2. The summed E-state index contributed by atoms with van der Waals surface area (Å²) in [6, 6.07) is 0. The highest BCUT2D eigenvalue weighted by atomic mass is 31.2. The average Bonchev–Trinajstić information content (AvgIpc) is 3.21. The van der Waals surface area contributed by atoms with Crippen molar-refractivity contribution in [2.75, 3.05) is 33.4 Å². The topological polar surface area (TPSA) is 120 Å². The minimum atomic E-state index is -4.35. The molecule has 0 aliphatic heterocycles. The third-order valence-electron chi connectivity index (χ3n) is 10.9. The lowest BCUT2D eigenvalue weighted by molar-refractivity contribution is -0.161. The highest BCUT2D eigenvalue weighted by molar-refractivity contribution is 7.47. The normalized spacial score (nSPS) is 13.2. The Hall–Kier alpha value is -1.25. The van der Waals surface area contributed by atoms with E-state index in [0.29, 0.717) is 19.4 Å². The molecule has 0 saturated heterocycles. The summed E-state index contributed by atoms with van der Waals surface area (Å²) in [6.45, 7) is 4.26. The van der Waals surface area contributed by atoms with Crippen LogP contribution in [0.1, 0.15) is 245 Å². The van der Waals surface area contributed by atoms with Gasteiger partial charge in [0, 0.05) is 19.4 Å². The van der Waals surface area contributed by atoms with Crippen LogP contribution in [0.2, 0.25) is 0 Å². The minimum Gasteiger partial charge on any atom is -0.462 e. The van der Waals surface area contributed by atoms with Crippen molar-refractivity contribution in [2.24, 2.45) is 0 Å². The molecule has 0 aromatic rings. The van der Waals surface area contributed by atoms with E-state index >= 15 is 0 Å². The van der Waals surface area contributed by atoms with Crippen LogP contribution < -0.4 is 5.32 Å². The average molecular weight is 844 g/mol. The molecule has 0 radical (unpaired) electrons. The molecule has 0 saturated carbocycles. The Kier molecular flexibility index (Phi) is 44.3. The van der Waals surface area contributed by atoms with E-state index in [1.165, 1.54) is 161 Å². The quantitative estimate of drug-likeness (QED) is 0.0267. The zero-order chi connectivity index (χ0) is 42.5. The van der Waals surface area contributed by atoms with Crippen LogP contribution in [0.3, 0.4) is 0 Å². The number of ether oxygens (including phenoxy) is 2. The second kappa shape index (κ2) is 45.3. The van der Waals surface area contributed by atoms with Crippen molar-refractivity contribution in [2.45, 2.75) is 251 Å². The van der Waals surface area contributed by atoms with Gasteiger partial charge in [-0.1, -0.05) is 206 Å². The molecule has 0 amide bonds. The summed E-state index contributed by atoms with van der Waals surface area (Å²) in [5.41, 5.74) is 0. The molecule has 0 aliphatic rings. The Bertz CT molecular complexity index is 964. The number of rotatable bonds is 47. The van der Waals surface area contributed by atoms with Gasteiger partial charge in [-0.05, 0) is 45.6 Å². The number of phosphoric ester groups is 1. The Morgan fingerprint density at radius 1 is 0.517 bits per heavy atom. The summed E-state index contributed by atoms with van der Waals surface area (Å²) < 4.78 is 33.3. The highest BCUT2D eigenvalue weighted by Gasteiger charge is 2.26. The van der Waals surface area contributed by atoms with Crippen molar-refractivity contribution in [3.8, 4) is 0 Å². The molecule has 10 heteroatoms. The first-order valence-electron chi connectivity index (χ1n) is 24.6. The van der Waals surface area contributed by atoms with Crippen molar-refractivity contribution < 1.29 is 37.6 Å². The van der Waals surface area contributed by atoms with Crippen LogP contribution in [0.4, 0.5) is 0 Å². The molecule has 0 aliphatic carbocycles. The van der Waals surface area contributed by atoms with E-state index in [9.17, 15) is 19.0 Å². The molecule has 0 aromatic heterocycles. The van der Waals surface area contributed by atoms with Crippen LogP contribution in [-0.4, -0.2) is 56.3 Å². The van der Waals surface area contributed by atoms with Gasteiger partial charge in [-0.25, -0.2) is 4.57 Å². The molecule has 2 unspecified atom stereocenters. The summed E-state index contributed by atoms with van der Waals surface area (Å²) >= 11 is 0. The molecule has 0 fully saturated rings. The van der Waals surface area contributed by atoms with E-state index in [2.05, 4.69) is 31.3 Å². The number of esters is 2. The van der Waals surface area contributed by atoms with E-state index in [1.807, 2.05) is 0 Å². The lowest BCUT2D eigenvalue weighted by Gasteiger charge is -2.20. The zero-order valence-electron chi connectivity index (χ0n) is 38.3. The van der Waals surface area contributed by atoms with Crippen LogP contribution in [0.25, 0.3) is 0 Å². The number of hydrogen-bond donors (Lipinski definition) is 2. The van der Waals surface area contributed by atoms with Gasteiger partial charge >= 0.3 is 19.8 Å². The van der Waals surface area contributed by atoms with Crippen LogP contribution in [0.5, 0.6) is 0 Å². The number of hydrogen-bond acceptors (Lipinski definition) is 8. The monoisotopic (exact) mass is 844 g/mol. The zero-order valence-corrected chi connectivity index (χ0v) is 39.2. The summed E-state index contributed by atoms with van der Waals surface area (Å²) in [5.74, 6) is -0.802. The Labute approximate surface area is 358 Å². The molecule has 58 heavy (non-hydrogen) atoms. The molecule has 2 N–H and O–H groups in total. The van der Waals surface area contributed by atoms with Gasteiger partial charge in [0.2, 0.25) is 0 Å². The number of unbranched alkanes of at least 4 members (excludes halogenated alkanes) is 31. The molecule has 0 aromatic carbocycles. The summed E-state index contributed by atoms with van der Waals surface area (Å²) in [4.78, 5) is 35.2. The number of allylic oxidation sites excluding steroid dienone is 2. The maximum absolute atomic E-state index is 12.6. The lowest BCUT2D eigenvalue weighted by atomic mass is 10.0. The number of carbonyl (C=O) groups is 2. The molecule has 2 atom stereocenters. The van der Waals surface area contributed by atoms with E-state index < -0.39 is 26.5 Å². The van der Waals surface area contributed by atoms with Gasteiger partial charge in [0.05, 0.1) is 13.2 Å². The summed E-state index contributed by atoms with van der Waals surface area (Å²) in [6.07, 6.45) is 46.9. The fourth-order valence-corrected chi connectivity index (χ4v) is 7.89. The van der Waals surface area contributed by atoms with E-state index in [4.69, 9.17) is 18.5 Å².